The number of halogens is 1. The summed E-state index contributed by atoms with van der Waals surface area (Å²) in [5, 5.41) is 2.97. The normalized spacial score (nSPS) is 13.6. The quantitative estimate of drug-likeness (QED) is 0.458. The van der Waals surface area contributed by atoms with Crippen LogP contribution in [-0.2, 0) is 4.79 Å². The Morgan fingerprint density at radius 1 is 1.06 bits per heavy atom. The molecule has 0 bridgehead atoms. The van der Waals surface area contributed by atoms with Gasteiger partial charge in [-0.05, 0) is 86.1 Å². The number of hydrogen-bond donors (Lipinski definition) is 1. The number of carbonyl (C=O) groups is 1. The lowest BCUT2D eigenvalue weighted by atomic mass is 10.1. The maximum atomic E-state index is 12.6. The molecule has 0 saturated carbocycles. The number of piperidine rings is 1. The molecule has 0 atom stereocenters. The standard InChI is InChI=1S/C25H31BrN2O3S/c1-5-30-21-14-19(25(32)28-9-7-6-8-10-28)13-20(26)24(21)31-15-22(29)27-23-17(3)11-16(2)12-18(23)4/h11-14H,5-10,15H2,1-4H3,(H,27,29). The molecule has 2 aromatic carbocycles. The molecule has 172 valence electrons. The van der Waals surface area contributed by atoms with E-state index in [2.05, 4.69) is 38.3 Å². The van der Waals surface area contributed by atoms with Gasteiger partial charge in [-0.3, -0.25) is 4.79 Å². The fourth-order valence-electron chi connectivity index (χ4n) is 4.06. The zero-order valence-corrected chi connectivity index (χ0v) is 21.6. The number of hydrogen-bond acceptors (Lipinski definition) is 4. The topological polar surface area (TPSA) is 50.8 Å². The van der Waals surface area contributed by atoms with Crippen LogP contribution in [0.3, 0.4) is 0 Å². The molecule has 1 heterocycles. The van der Waals surface area contributed by atoms with Gasteiger partial charge >= 0.3 is 0 Å². The van der Waals surface area contributed by atoms with Crippen molar-refractivity contribution in [3.63, 3.8) is 0 Å². The van der Waals surface area contributed by atoms with Crippen LogP contribution in [0.1, 0.15) is 48.4 Å². The number of aryl methyl sites for hydroxylation is 3. The Labute approximate surface area is 204 Å². The van der Waals surface area contributed by atoms with Crippen LogP contribution in [0.2, 0.25) is 0 Å². The van der Waals surface area contributed by atoms with Crippen molar-refractivity contribution < 1.29 is 14.3 Å². The van der Waals surface area contributed by atoms with Crippen LogP contribution in [0.25, 0.3) is 0 Å². The van der Waals surface area contributed by atoms with Gasteiger partial charge in [-0.2, -0.15) is 0 Å². The minimum absolute atomic E-state index is 0.124. The first-order chi connectivity index (χ1) is 15.3. The lowest BCUT2D eigenvalue weighted by Crippen LogP contribution is -2.34. The summed E-state index contributed by atoms with van der Waals surface area (Å²) >= 11 is 9.34. The summed E-state index contributed by atoms with van der Waals surface area (Å²) < 4.78 is 12.4. The summed E-state index contributed by atoms with van der Waals surface area (Å²) in [4.78, 5) is 15.7. The van der Waals surface area contributed by atoms with Crippen LogP contribution >= 0.6 is 28.1 Å². The highest BCUT2D eigenvalue weighted by atomic mass is 79.9. The van der Waals surface area contributed by atoms with Crippen molar-refractivity contribution in [1.29, 1.82) is 0 Å². The lowest BCUT2D eigenvalue weighted by Gasteiger charge is -2.29. The molecular formula is C25H31BrN2O3S. The van der Waals surface area contributed by atoms with Crippen molar-refractivity contribution in [3.8, 4) is 11.5 Å². The zero-order valence-electron chi connectivity index (χ0n) is 19.2. The van der Waals surface area contributed by atoms with Gasteiger partial charge in [-0.15, -0.1) is 0 Å². The van der Waals surface area contributed by atoms with Gasteiger partial charge in [0.25, 0.3) is 5.91 Å². The summed E-state index contributed by atoms with van der Waals surface area (Å²) in [5.41, 5.74) is 4.97. The summed E-state index contributed by atoms with van der Waals surface area (Å²) in [6, 6.07) is 7.96. The summed E-state index contributed by atoms with van der Waals surface area (Å²) in [7, 11) is 0. The minimum Gasteiger partial charge on any atom is -0.490 e. The molecule has 7 heteroatoms. The fourth-order valence-corrected chi connectivity index (χ4v) is 4.92. The van der Waals surface area contributed by atoms with Crippen LogP contribution in [0.5, 0.6) is 11.5 Å². The molecule has 1 fully saturated rings. The Hall–Kier alpha value is -2.12. The van der Waals surface area contributed by atoms with Gasteiger partial charge in [0, 0.05) is 24.3 Å². The van der Waals surface area contributed by atoms with Crippen molar-refractivity contribution in [2.24, 2.45) is 0 Å². The van der Waals surface area contributed by atoms with Crippen molar-refractivity contribution in [2.45, 2.75) is 47.0 Å². The number of nitrogens with zero attached hydrogens (tertiary/aromatic N) is 1. The molecule has 1 saturated heterocycles. The number of nitrogens with one attached hydrogen (secondary N) is 1. The summed E-state index contributed by atoms with van der Waals surface area (Å²) in [6.07, 6.45) is 3.58. The second-order valence-corrected chi connectivity index (χ2v) is 9.42. The van der Waals surface area contributed by atoms with E-state index in [0.29, 0.717) is 22.6 Å². The Morgan fingerprint density at radius 3 is 2.34 bits per heavy atom. The number of benzene rings is 2. The third kappa shape index (κ3) is 6.01. The molecule has 1 N–H and O–H groups in total. The molecule has 0 radical (unpaired) electrons. The summed E-state index contributed by atoms with van der Waals surface area (Å²) in [6.45, 7) is 10.3. The van der Waals surface area contributed by atoms with Crippen LogP contribution in [0.4, 0.5) is 5.69 Å². The van der Waals surface area contributed by atoms with E-state index in [1.807, 2.05) is 39.8 Å². The molecule has 0 aromatic heterocycles. The van der Waals surface area contributed by atoms with Crippen LogP contribution in [0, 0.1) is 20.8 Å². The zero-order chi connectivity index (χ0) is 23.3. The maximum absolute atomic E-state index is 12.6. The molecule has 0 spiro atoms. The van der Waals surface area contributed by atoms with Gasteiger partial charge in [-0.25, -0.2) is 0 Å². The van der Waals surface area contributed by atoms with E-state index in [1.165, 1.54) is 12.0 Å². The number of ether oxygens (including phenoxy) is 2. The number of rotatable bonds is 7. The lowest BCUT2D eigenvalue weighted by molar-refractivity contribution is -0.118. The first-order valence-electron chi connectivity index (χ1n) is 11.1. The first-order valence-corrected chi connectivity index (χ1v) is 12.3. The molecule has 32 heavy (non-hydrogen) atoms. The summed E-state index contributed by atoms with van der Waals surface area (Å²) in [5.74, 6) is 0.860. The van der Waals surface area contributed by atoms with Gasteiger partial charge < -0.3 is 19.7 Å². The average Bonchev–Trinajstić information content (AvgIpc) is 2.75. The van der Waals surface area contributed by atoms with E-state index >= 15 is 0 Å². The molecule has 0 aliphatic carbocycles. The number of likely N-dealkylation sites (tertiary alicyclic amines) is 1. The number of anilines is 1. The highest BCUT2D eigenvalue weighted by molar-refractivity contribution is 9.10. The van der Waals surface area contributed by atoms with E-state index in [1.54, 1.807) is 0 Å². The van der Waals surface area contributed by atoms with Gasteiger partial charge in [0.15, 0.2) is 18.1 Å². The van der Waals surface area contributed by atoms with Gasteiger partial charge in [0.05, 0.1) is 11.1 Å². The Morgan fingerprint density at radius 2 is 1.72 bits per heavy atom. The highest BCUT2D eigenvalue weighted by Gasteiger charge is 2.20. The fraction of sp³-hybridized carbons (Fsp3) is 0.440. The van der Waals surface area contributed by atoms with Crippen LogP contribution in [-0.4, -0.2) is 42.1 Å². The molecule has 2 aromatic rings. The Kier molecular flexibility index (Phi) is 8.54. The van der Waals surface area contributed by atoms with E-state index in [0.717, 1.165) is 53.3 Å². The molecule has 5 nitrogen and oxygen atoms in total. The Bertz CT molecular complexity index is 980. The smallest absolute Gasteiger partial charge is 0.262 e. The van der Waals surface area contributed by atoms with Crippen molar-refractivity contribution >= 4 is 44.7 Å². The van der Waals surface area contributed by atoms with E-state index in [4.69, 9.17) is 21.7 Å². The predicted octanol–water partition coefficient (Wildman–Crippen LogP) is 5.95. The molecule has 1 amide bonds. The maximum Gasteiger partial charge on any atom is 0.262 e. The number of thiocarbonyl (C=S) groups is 1. The molecule has 1 aliphatic rings. The largest absolute Gasteiger partial charge is 0.490 e. The van der Waals surface area contributed by atoms with E-state index in [-0.39, 0.29) is 12.5 Å². The SMILES string of the molecule is CCOc1cc(C(=S)N2CCCCC2)cc(Br)c1OCC(=O)Nc1c(C)cc(C)cc1C. The monoisotopic (exact) mass is 518 g/mol. The predicted molar refractivity (Wildman–Crippen MR) is 137 cm³/mol. The van der Waals surface area contributed by atoms with Gasteiger partial charge in [0.2, 0.25) is 0 Å². The number of carbonyl (C=O) groups excluding carboxylic acids is 1. The molecule has 0 unspecified atom stereocenters. The van der Waals surface area contributed by atoms with Gasteiger partial charge in [-0.1, -0.05) is 29.9 Å². The first kappa shape index (κ1) is 24.5. The minimum atomic E-state index is -0.220. The van der Waals surface area contributed by atoms with Crippen molar-refractivity contribution in [2.75, 3.05) is 31.6 Å². The third-order valence-corrected chi connectivity index (χ3v) is 6.57. The number of amides is 1. The highest BCUT2D eigenvalue weighted by Crippen LogP contribution is 2.37. The second kappa shape index (κ2) is 11.1. The van der Waals surface area contributed by atoms with Crippen molar-refractivity contribution in [1.82, 2.24) is 4.90 Å². The van der Waals surface area contributed by atoms with E-state index in [9.17, 15) is 4.79 Å². The van der Waals surface area contributed by atoms with Crippen LogP contribution < -0.4 is 14.8 Å². The second-order valence-electron chi connectivity index (χ2n) is 8.18. The van der Waals surface area contributed by atoms with Crippen molar-refractivity contribution in [3.05, 3.63) is 51.0 Å². The van der Waals surface area contributed by atoms with Gasteiger partial charge in [0.1, 0.15) is 4.99 Å². The third-order valence-electron chi connectivity index (χ3n) is 5.49. The van der Waals surface area contributed by atoms with E-state index < -0.39 is 0 Å². The molecule has 1 aliphatic heterocycles. The molecule has 3 rings (SSSR count). The Balaban J connectivity index is 1.74. The average molecular weight is 520 g/mol. The van der Waals surface area contributed by atoms with Crippen LogP contribution in [0.15, 0.2) is 28.7 Å². The molecular weight excluding hydrogens is 488 g/mol.